The topological polar surface area (TPSA) is 139 Å². The molecule has 2 N–H and O–H groups in total. The van der Waals surface area contributed by atoms with Crippen LogP contribution < -0.4 is 10.1 Å². The van der Waals surface area contributed by atoms with Crippen molar-refractivity contribution in [3.05, 3.63) is 52.9 Å². The van der Waals surface area contributed by atoms with Gasteiger partial charge in [-0.2, -0.15) is 0 Å². The van der Waals surface area contributed by atoms with Gasteiger partial charge in [0.05, 0.1) is 41.4 Å². The van der Waals surface area contributed by atoms with Gasteiger partial charge in [0.25, 0.3) is 5.88 Å². The molecule has 2 amide bonds. The second-order valence-corrected chi connectivity index (χ2v) is 23.4. The summed E-state index contributed by atoms with van der Waals surface area (Å²) < 4.78 is 24.6. The van der Waals surface area contributed by atoms with Crippen LogP contribution in [0.4, 0.5) is 0 Å². The maximum absolute atomic E-state index is 14.9. The van der Waals surface area contributed by atoms with Gasteiger partial charge in [0, 0.05) is 45.3 Å². The minimum absolute atomic E-state index is 0.0118. The predicted octanol–water partition coefficient (Wildman–Crippen LogP) is 6.96. The van der Waals surface area contributed by atoms with Crippen molar-refractivity contribution in [2.75, 3.05) is 46.0 Å². The lowest BCUT2D eigenvalue weighted by atomic mass is 9.88. The Balaban J connectivity index is 1.25. The Labute approximate surface area is 337 Å². The molecule has 0 spiro atoms. The zero-order valence-electron chi connectivity index (χ0n) is 34.6. The standard InChI is InChI=1S/C42H63N5O7SSi/c1-27(2)38(36-22-37(45-53-36)52-32-15-9-29(25-48)10-16-32)41(50)47-23-33(54-56(7,8)42(4,5)6)21-35(47)40(49)44-34(24-46-17-19-51-20-18-46)30-11-13-31(14-12-30)39-28(3)43-26-55-39/h11-14,22,26-27,29,32-35,38,48H,9-10,15-21,23-25H2,1-8H3,(H,44,49)/t29?,32?,33-,34+,35+,38-/m1/s1. The number of morpholine rings is 1. The third kappa shape index (κ3) is 10.1. The van der Waals surface area contributed by atoms with Gasteiger partial charge >= 0.3 is 0 Å². The van der Waals surface area contributed by atoms with Crippen LogP contribution in [-0.2, 0) is 18.8 Å². The molecule has 6 rings (SSSR count). The molecule has 14 heteroatoms. The Hall–Kier alpha value is -3.14. The van der Waals surface area contributed by atoms with Gasteiger partial charge in [0.15, 0.2) is 14.1 Å². The van der Waals surface area contributed by atoms with Crippen molar-refractivity contribution in [1.29, 1.82) is 0 Å². The molecule has 2 saturated heterocycles. The maximum atomic E-state index is 14.9. The zero-order valence-corrected chi connectivity index (χ0v) is 36.4. The second-order valence-electron chi connectivity index (χ2n) is 17.8. The van der Waals surface area contributed by atoms with E-state index in [1.807, 2.05) is 26.3 Å². The number of aromatic nitrogens is 2. The van der Waals surface area contributed by atoms with Crippen molar-refractivity contribution in [1.82, 2.24) is 25.3 Å². The Morgan fingerprint density at radius 2 is 1.77 bits per heavy atom. The van der Waals surface area contributed by atoms with Crippen LogP contribution in [0, 0.1) is 18.8 Å². The molecule has 2 aromatic heterocycles. The summed E-state index contributed by atoms with van der Waals surface area (Å²) in [5.74, 6) is -0.0680. The van der Waals surface area contributed by atoms with E-state index in [0.29, 0.717) is 50.3 Å². The summed E-state index contributed by atoms with van der Waals surface area (Å²) >= 11 is 1.62. The zero-order chi connectivity index (χ0) is 40.2. The Morgan fingerprint density at radius 3 is 2.38 bits per heavy atom. The summed E-state index contributed by atoms with van der Waals surface area (Å²) in [6.07, 6.45) is 3.59. The molecule has 3 aliphatic rings. The van der Waals surface area contributed by atoms with Gasteiger partial charge in [0.1, 0.15) is 18.1 Å². The van der Waals surface area contributed by atoms with E-state index in [1.54, 1.807) is 22.3 Å². The van der Waals surface area contributed by atoms with Crippen LogP contribution in [0.2, 0.25) is 18.1 Å². The van der Waals surface area contributed by atoms with Gasteiger partial charge in [-0.3, -0.25) is 14.5 Å². The number of aliphatic hydroxyl groups is 1. The number of nitrogens with zero attached hydrogens (tertiary/aromatic N) is 4. The van der Waals surface area contributed by atoms with E-state index in [0.717, 1.165) is 60.5 Å². The summed E-state index contributed by atoms with van der Waals surface area (Å²) in [5.41, 5.74) is 4.95. The lowest BCUT2D eigenvalue weighted by molar-refractivity contribution is -0.141. The molecule has 1 aromatic carbocycles. The van der Waals surface area contributed by atoms with E-state index in [-0.39, 0.29) is 47.6 Å². The molecule has 0 bridgehead atoms. The highest BCUT2D eigenvalue weighted by atomic mass is 32.1. The van der Waals surface area contributed by atoms with E-state index in [2.05, 4.69) is 78.5 Å². The molecule has 1 aliphatic carbocycles. The van der Waals surface area contributed by atoms with Gasteiger partial charge in [-0.05, 0) is 78.9 Å². The quantitative estimate of drug-likeness (QED) is 0.165. The summed E-state index contributed by atoms with van der Waals surface area (Å²) in [7, 11) is -2.23. The van der Waals surface area contributed by atoms with Gasteiger partial charge < -0.3 is 33.7 Å². The number of hydrogen-bond donors (Lipinski definition) is 2. The maximum Gasteiger partial charge on any atom is 0.254 e. The lowest BCUT2D eigenvalue weighted by Crippen LogP contribution is -2.50. The van der Waals surface area contributed by atoms with Crippen LogP contribution in [0.5, 0.6) is 5.88 Å². The summed E-state index contributed by atoms with van der Waals surface area (Å²) in [5, 5.41) is 17.2. The first-order chi connectivity index (χ1) is 26.6. The number of thiazole rings is 1. The molecule has 2 aliphatic heterocycles. The average Bonchev–Trinajstić information content (AvgIpc) is 3.92. The number of likely N-dealkylation sites (tertiary alicyclic amines) is 1. The number of aryl methyl sites for hydroxylation is 1. The molecule has 3 aromatic rings. The van der Waals surface area contributed by atoms with Crippen molar-refractivity contribution in [3.8, 4) is 16.3 Å². The van der Waals surface area contributed by atoms with E-state index >= 15 is 0 Å². The normalized spacial score (nSPS) is 23.6. The van der Waals surface area contributed by atoms with Crippen LogP contribution in [-0.4, -0.2) is 109 Å². The van der Waals surface area contributed by atoms with Crippen LogP contribution in [0.1, 0.15) is 95.7 Å². The molecule has 308 valence electrons. The number of carbonyl (C=O) groups excluding carboxylic acids is 2. The van der Waals surface area contributed by atoms with Crippen molar-refractivity contribution in [2.24, 2.45) is 11.8 Å². The number of carbonyl (C=O) groups is 2. The van der Waals surface area contributed by atoms with Gasteiger partial charge in [-0.1, -0.05) is 58.9 Å². The van der Waals surface area contributed by atoms with Gasteiger partial charge in [-0.15, -0.1) is 11.3 Å². The Kier molecular flexibility index (Phi) is 13.8. The van der Waals surface area contributed by atoms with Crippen LogP contribution in [0.25, 0.3) is 10.4 Å². The molecule has 0 radical (unpaired) electrons. The van der Waals surface area contributed by atoms with Crippen molar-refractivity contribution >= 4 is 31.5 Å². The average molecular weight is 810 g/mol. The van der Waals surface area contributed by atoms with Crippen LogP contribution >= 0.6 is 11.3 Å². The van der Waals surface area contributed by atoms with Gasteiger partial charge in [0.2, 0.25) is 11.8 Å². The van der Waals surface area contributed by atoms with Crippen molar-refractivity contribution in [3.63, 3.8) is 0 Å². The number of ether oxygens (including phenoxy) is 2. The van der Waals surface area contributed by atoms with E-state index in [1.165, 1.54) is 0 Å². The number of amides is 2. The van der Waals surface area contributed by atoms with Crippen molar-refractivity contribution < 1.29 is 33.1 Å². The second kappa shape index (κ2) is 18.2. The fourth-order valence-corrected chi connectivity index (χ4v) is 10.1. The molecule has 4 heterocycles. The SMILES string of the molecule is Cc1ncsc1-c1ccc([C@H](CN2CCOCC2)NC(=O)[C@@H]2C[C@@H](O[Si](C)(C)C(C)(C)C)CN2C(=O)[C@@H](c2cc(OC3CCC(CO)CC3)no2)C(C)C)cc1. The highest BCUT2D eigenvalue weighted by molar-refractivity contribution is 7.13. The third-order valence-electron chi connectivity index (χ3n) is 12.4. The highest BCUT2D eigenvalue weighted by Crippen LogP contribution is 2.40. The number of nitrogens with one attached hydrogen (secondary N) is 1. The number of aliphatic hydroxyl groups excluding tert-OH is 1. The smallest absolute Gasteiger partial charge is 0.254 e. The minimum atomic E-state index is -2.23. The molecule has 1 saturated carbocycles. The van der Waals surface area contributed by atoms with E-state index in [4.69, 9.17) is 18.4 Å². The molecule has 56 heavy (non-hydrogen) atoms. The predicted molar refractivity (Wildman–Crippen MR) is 220 cm³/mol. The molecular weight excluding hydrogens is 747 g/mol. The van der Waals surface area contributed by atoms with E-state index in [9.17, 15) is 14.7 Å². The molecule has 12 nitrogen and oxygen atoms in total. The monoisotopic (exact) mass is 809 g/mol. The summed E-state index contributed by atoms with van der Waals surface area (Å²) in [4.78, 5) is 39.2. The number of benzene rings is 1. The molecule has 4 atom stereocenters. The summed E-state index contributed by atoms with van der Waals surface area (Å²) in [6, 6.07) is 9.10. The molecule has 0 unspecified atom stereocenters. The van der Waals surface area contributed by atoms with Crippen molar-refractivity contribution in [2.45, 2.75) is 122 Å². The lowest BCUT2D eigenvalue weighted by Gasteiger charge is -2.38. The number of hydrogen-bond acceptors (Lipinski definition) is 11. The van der Waals surface area contributed by atoms with E-state index < -0.39 is 20.3 Å². The Morgan fingerprint density at radius 1 is 1.07 bits per heavy atom. The summed E-state index contributed by atoms with van der Waals surface area (Å²) in [6.45, 7) is 21.0. The fourth-order valence-electron chi connectivity index (χ4n) is 7.95. The first-order valence-corrected chi connectivity index (χ1v) is 24.3. The third-order valence-corrected chi connectivity index (χ3v) is 17.9. The number of rotatable bonds is 14. The molecule has 3 fully saturated rings. The largest absolute Gasteiger partial charge is 0.472 e. The van der Waals surface area contributed by atoms with Gasteiger partial charge in [-0.25, -0.2) is 4.98 Å². The highest BCUT2D eigenvalue weighted by Gasteiger charge is 2.48. The Bertz CT molecular complexity index is 1740. The minimum Gasteiger partial charge on any atom is -0.472 e. The fraction of sp³-hybridized carbons (Fsp3) is 0.667. The van der Waals surface area contributed by atoms with Crippen LogP contribution in [0.15, 0.2) is 40.4 Å². The first kappa shape index (κ1) is 42.5. The van der Waals surface area contributed by atoms with Crippen LogP contribution in [0.3, 0.4) is 0 Å². The first-order valence-electron chi connectivity index (χ1n) is 20.5. The molecular formula is C42H63N5O7SSi.